The maximum absolute atomic E-state index is 13.5. The highest BCUT2D eigenvalue weighted by molar-refractivity contribution is 7.89. The van der Waals surface area contributed by atoms with E-state index in [1.165, 1.54) is 25.3 Å². The van der Waals surface area contributed by atoms with Crippen LogP contribution in [0.5, 0.6) is 0 Å². The molecule has 1 heterocycles. The fourth-order valence-electron chi connectivity index (χ4n) is 1.67. The summed E-state index contributed by atoms with van der Waals surface area (Å²) < 4.78 is 57.5. The molecule has 0 fully saturated rings. The number of nitrogens with one attached hydrogen (secondary N) is 1. The Morgan fingerprint density at radius 2 is 2.05 bits per heavy atom. The molecule has 1 aromatic heterocycles. The summed E-state index contributed by atoms with van der Waals surface area (Å²) in [5.74, 6) is -1.82. The summed E-state index contributed by atoms with van der Waals surface area (Å²) in [4.78, 5) is -0.822. The van der Waals surface area contributed by atoms with Crippen LogP contribution in [0.1, 0.15) is 12.7 Å². The van der Waals surface area contributed by atoms with Gasteiger partial charge in [-0.2, -0.15) is 0 Å². The third kappa shape index (κ3) is 3.46. The van der Waals surface area contributed by atoms with Gasteiger partial charge in [0.15, 0.2) is 0 Å². The zero-order valence-electron chi connectivity index (χ0n) is 11.0. The first-order valence-corrected chi connectivity index (χ1v) is 7.42. The Bertz CT molecular complexity index is 727. The minimum atomic E-state index is -4.30. The molecule has 2 rings (SSSR count). The highest BCUT2D eigenvalue weighted by Gasteiger charge is 2.29. The van der Waals surface area contributed by atoms with E-state index in [-0.39, 0.29) is 5.76 Å². The third-order valence-corrected chi connectivity index (χ3v) is 4.26. The molecular formula is C13H13F2NO4S. The van der Waals surface area contributed by atoms with Crippen LogP contribution in [0.15, 0.2) is 45.9 Å². The lowest BCUT2D eigenvalue weighted by atomic mass is 10.1. The van der Waals surface area contributed by atoms with Crippen LogP contribution in [-0.2, 0) is 15.6 Å². The molecule has 0 amide bonds. The van der Waals surface area contributed by atoms with Crippen molar-refractivity contribution in [3.63, 3.8) is 0 Å². The van der Waals surface area contributed by atoms with Crippen LogP contribution >= 0.6 is 0 Å². The molecule has 0 saturated heterocycles. The average molecular weight is 317 g/mol. The highest BCUT2D eigenvalue weighted by atomic mass is 32.2. The zero-order valence-corrected chi connectivity index (χ0v) is 11.8. The Morgan fingerprint density at radius 1 is 1.33 bits per heavy atom. The summed E-state index contributed by atoms with van der Waals surface area (Å²) in [7, 11) is -4.30. The Morgan fingerprint density at radius 3 is 2.67 bits per heavy atom. The largest absolute Gasteiger partial charge is 0.466 e. The predicted octanol–water partition coefficient (Wildman–Crippen LogP) is 1.74. The van der Waals surface area contributed by atoms with E-state index in [1.54, 1.807) is 0 Å². The molecule has 21 heavy (non-hydrogen) atoms. The third-order valence-electron chi connectivity index (χ3n) is 2.84. The molecule has 0 spiro atoms. The summed E-state index contributed by atoms with van der Waals surface area (Å²) in [6, 6.07) is 5.10. The van der Waals surface area contributed by atoms with Crippen molar-refractivity contribution in [3.8, 4) is 0 Å². The van der Waals surface area contributed by atoms with Gasteiger partial charge in [0.2, 0.25) is 10.0 Å². The van der Waals surface area contributed by atoms with Crippen molar-refractivity contribution in [1.29, 1.82) is 0 Å². The van der Waals surface area contributed by atoms with Gasteiger partial charge in [0, 0.05) is 6.54 Å². The van der Waals surface area contributed by atoms with Gasteiger partial charge in [-0.25, -0.2) is 21.9 Å². The number of furan rings is 1. The van der Waals surface area contributed by atoms with Gasteiger partial charge in [-0.1, -0.05) is 0 Å². The number of benzene rings is 1. The standard InChI is InChI=1S/C13H13F2NO4S/c1-13(17,12-3-2-6-20-12)8-16-21(18,19)11-7-9(14)4-5-10(11)15/h2-7,16-17H,8H2,1H3. The van der Waals surface area contributed by atoms with Gasteiger partial charge in [0.25, 0.3) is 0 Å². The van der Waals surface area contributed by atoms with Gasteiger partial charge in [0.05, 0.1) is 6.26 Å². The number of hydrogen-bond acceptors (Lipinski definition) is 4. The van der Waals surface area contributed by atoms with E-state index in [1.807, 2.05) is 4.72 Å². The molecule has 1 unspecified atom stereocenters. The fourth-order valence-corrected chi connectivity index (χ4v) is 2.89. The molecule has 2 N–H and O–H groups in total. The van der Waals surface area contributed by atoms with Gasteiger partial charge in [-0.3, -0.25) is 0 Å². The smallest absolute Gasteiger partial charge is 0.243 e. The first-order chi connectivity index (χ1) is 9.72. The summed E-state index contributed by atoms with van der Waals surface area (Å²) in [5.41, 5.74) is -1.62. The Balaban J connectivity index is 2.21. The van der Waals surface area contributed by atoms with Crippen molar-refractivity contribution < 1.29 is 26.7 Å². The van der Waals surface area contributed by atoms with E-state index in [2.05, 4.69) is 0 Å². The summed E-state index contributed by atoms with van der Waals surface area (Å²) in [6.07, 6.45) is 1.32. The molecule has 0 aliphatic heterocycles. The molecule has 8 heteroatoms. The number of halogens is 2. The molecule has 0 aliphatic rings. The van der Waals surface area contributed by atoms with Gasteiger partial charge < -0.3 is 9.52 Å². The second-order valence-electron chi connectivity index (χ2n) is 4.65. The molecule has 2 aromatic rings. The van der Waals surface area contributed by atoms with Gasteiger partial charge in [0.1, 0.15) is 27.9 Å². The van der Waals surface area contributed by atoms with Crippen LogP contribution in [0, 0.1) is 11.6 Å². The van der Waals surface area contributed by atoms with E-state index in [9.17, 15) is 22.3 Å². The molecule has 5 nitrogen and oxygen atoms in total. The van der Waals surface area contributed by atoms with Crippen molar-refractivity contribution in [3.05, 3.63) is 54.0 Å². The minimum absolute atomic E-state index is 0.143. The topological polar surface area (TPSA) is 79.5 Å². The van der Waals surface area contributed by atoms with Crippen LogP contribution < -0.4 is 4.72 Å². The van der Waals surface area contributed by atoms with Gasteiger partial charge in [-0.05, 0) is 37.3 Å². The lowest BCUT2D eigenvalue weighted by Crippen LogP contribution is -2.38. The monoisotopic (exact) mass is 317 g/mol. The number of hydrogen-bond donors (Lipinski definition) is 2. The summed E-state index contributed by atoms with van der Waals surface area (Å²) in [6.45, 7) is 0.870. The van der Waals surface area contributed by atoms with Crippen molar-refractivity contribution >= 4 is 10.0 Å². The Labute approximate surface area is 120 Å². The van der Waals surface area contributed by atoms with Gasteiger partial charge in [-0.15, -0.1) is 0 Å². The van der Waals surface area contributed by atoms with Crippen LogP contribution in [0.2, 0.25) is 0 Å². The molecule has 1 aromatic carbocycles. The first-order valence-electron chi connectivity index (χ1n) is 5.93. The summed E-state index contributed by atoms with van der Waals surface area (Å²) in [5, 5.41) is 10.1. The van der Waals surface area contributed by atoms with Crippen LogP contribution in [-0.4, -0.2) is 20.1 Å². The molecule has 0 aliphatic carbocycles. The average Bonchev–Trinajstić information content (AvgIpc) is 2.94. The maximum atomic E-state index is 13.5. The number of rotatable bonds is 5. The van der Waals surface area contributed by atoms with E-state index in [0.717, 1.165) is 6.07 Å². The second kappa shape index (κ2) is 5.55. The summed E-state index contributed by atoms with van der Waals surface area (Å²) >= 11 is 0. The van der Waals surface area contributed by atoms with Crippen LogP contribution in [0.3, 0.4) is 0 Å². The van der Waals surface area contributed by atoms with Crippen LogP contribution in [0.25, 0.3) is 0 Å². The maximum Gasteiger partial charge on any atom is 0.243 e. The zero-order chi connectivity index (χ0) is 15.7. The number of sulfonamides is 1. The molecule has 0 radical (unpaired) electrons. The highest BCUT2D eigenvalue weighted by Crippen LogP contribution is 2.21. The SMILES string of the molecule is CC(O)(CNS(=O)(=O)c1cc(F)ccc1F)c1ccco1. The quantitative estimate of drug-likeness (QED) is 0.880. The second-order valence-corrected chi connectivity index (χ2v) is 6.39. The van der Waals surface area contributed by atoms with E-state index >= 15 is 0 Å². The van der Waals surface area contributed by atoms with Crippen molar-refractivity contribution in [2.75, 3.05) is 6.54 Å². The van der Waals surface area contributed by atoms with E-state index in [4.69, 9.17) is 4.42 Å². The lowest BCUT2D eigenvalue weighted by molar-refractivity contribution is 0.0395. The minimum Gasteiger partial charge on any atom is -0.466 e. The molecular weight excluding hydrogens is 304 g/mol. The van der Waals surface area contributed by atoms with Crippen LogP contribution in [0.4, 0.5) is 8.78 Å². The van der Waals surface area contributed by atoms with E-state index in [0.29, 0.717) is 12.1 Å². The van der Waals surface area contributed by atoms with Crippen molar-refractivity contribution in [1.82, 2.24) is 4.72 Å². The van der Waals surface area contributed by atoms with E-state index < -0.39 is 38.7 Å². The lowest BCUT2D eigenvalue weighted by Gasteiger charge is -2.21. The first kappa shape index (κ1) is 15.6. The predicted molar refractivity (Wildman–Crippen MR) is 69.8 cm³/mol. The molecule has 114 valence electrons. The number of aliphatic hydroxyl groups is 1. The Kier molecular flexibility index (Phi) is 4.13. The van der Waals surface area contributed by atoms with Crippen molar-refractivity contribution in [2.24, 2.45) is 0 Å². The molecule has 0 bridgehead atoms. The van der Waals surface area contributed by atoms with Crippen molar-refractivity contribution in [2.45, 2.75) is 17.4 Å². The fraction of sp³-hybridized carbons (Fsp3) is 0.231. The normalized spacial score (nSPS) is 14.9. The molecule has 1 atom stereocenters. The Hall–Kier alpha value is -1.77. The van der Waals surface area contributed by atoms with Gasteiger partial charge >= 0.3 is 0 Å². The molecule has 0 saturated carbocycles.